The van der Waals surface area contributed by atoms with Crippen LogP contribution < -0.4 is 4.90 Å². The summed E-state index contributed by atoms with van der Waals surface area (Å²) < 4.78 is 0. The molecule has 98 valence electrons. The van der Waals surface area contributed by atoms with Crippen molar-refractivity contribution in [1.82, 2.24) is 10.2 Å². The molecule has 0 spiro atoms. The fourth-order valence-corrected chi connectivity index (χ4v) is 3.58. The fourth-order valence-electron chi connectivity index (χ4n) is 3.58. The molecule has 1 aromatic heterocycles. The minimum Gasteiger partial charge on any atom is -0.352 e. The lowest BCUT2D eigenvalue weighted by Gasteiger charge is -2.30. The first-order valence-corrected chi connectivity index (χ1v) is 7.33. The van der Waals surface area contributed by atoms with Crippen LogP contribution in [0.1, 0.15) is 49.8 Å². The molecule has 0 aromatic carbocycles. The van der Waals surface area contributed by atoms with E-state index in [1.165, 1.54) is 50.6 Å². The van der Waals surface area contributed by atoms with Gasteiger partial charge in [0.1, 0.15) is 0 Å². The molecule has 0 bridgehead atoms. The largest absolute Gasteiger partial charge is 0.352 e. The molecule has 1 saturated carbocycles. The van der Waals surface area contributed by atoms with Crippen molar-refractivity contribution in [1.29, 1.82) is 0 Å². The van der Waals surface area contributed by atoms with Gasteiger partial charge in [0.15, 0.2) is 5.82 Å². The first kappa shape index (κ1) is 11.9. The van der Waals surface area contributed by atoms with Gasteiger partial charge in [0.2, 0.25) is 0 Å². The summed E-state index contributed by atoms with van der Waals surface area (Å²) in [5.74, 6) is 2.00. The first-order valence-electron chi connectivity index (χ1n) is 7.33. The third-order valence-electron chi connectivity index (χ3n) is 4.76. The van der Waals surface area contributed by atoms with Crippen LogP contribution in [0.3, 0.4) is 0 Å². The molecule has 2 aliphatic rings. The van der Waals surface area contributed by atoms with E-state index in [1.54, 1.807) is 0 Å². The van der Waals surface area contributed by atoms with Crippen molar-refractivity contribution in [3.63, 3.8) is 0 Å². The van der Waals surface area contributed by atoms with Gasteiger partial charge < -0.3 is 4.90 Å². The van der Waals surface area contributed by atoms with Crippen LogP contribution in [0.2, 0.25) is 0 Å². The average molecular weight is 245 g/mol. The Labute approximate surface area is 110 Å². The highest BCUT2D eigenvalue weighted by Crippen LogP contribution is 2.37. The minimum atomic E-state index is 0.726. The van der Waals surface area contributed by atoms with Crippen LogP contribution in [-0.2, 0) is 0 Å². The number of anilines is 1. The van der Waals surface area contributed by atoms with Crippen molar-refractivity contribution in [2.24, 2.45) is 5.92 Å². The van der Waals surface area contributed by atoms with Crippen molar-refractivity contribution in [2.75, 3.05) is 11.4 Å². The highest BCUT2D eigenvalue weighted by atomic mass is 15.3. The lowest BCUT2D eigenvalue weighted by molar-refractivity contribution is 0.428. The molecule has 2 fully saturated rings. The average Bonchev–Trinajstić information content (AvgIpc) is 3.00. The van der Waals surface area contributed by atoms with E-state index in [-0.39, 0.29) is 0 Å². The second kappa shape index (κ2) is 4.87. The number of rotatable bonds is 2. The quantitative estimate of drug-likeness (QED) is 0.801. The predicted molar refractivity (Wildman–Crippen MR) is 73.8 cm³/mol. The topological polar surface area (TPSA) is 29.0 Å². The molecule has 1 unspecified atom stereocenters. The molecule has 1 aliphatic heterocycles. The molecule has 1 aliphatic carbocycles. The van der Waals surface area contributed by atoms with Crippen LogP contribution in [0.5, 0.6) is 0 Å². The fraction of sp³-hybridized carbons (Fsp3) is 0.733. The van der Waals surface area contributed by atoms with E-state index in [4.69, 9.17) is 0 Å². The highest BCUT2D eigenvalue weighted by Gasteiger charge is 2.34. The molecular formula is C15H23N3. The van der Waals surface area contributed by atoms with E-state index in [0.717, 1.165) is 23.5 Å². The van der Waals surface area contributed by atoms with Crippen molar-refractivity contribution in [3.8, 4) is 0 Å². The smallest absolute Gasteiger partial charge is 0.151 e. The molecule has 0 amide bonds. The molecule has 0 N–H and O–H groups in total. The number of hydrogen-bond donors (Lipinski definition) is 0. The molecular weight excluding hydrogens is 222 g/mol. The summed E-state index contributed by atoms with van der Waals surface area (Å²) in [4.78, 5) is 2.52. The second-order valence-electron chi connectivity index (χ2n) is 5.92. The van der Waals surface area contributed by atoms with E-state index in [9.17, 15) is 0 Å². The highest BCUT2D eigenvalue weighted by molar-refractivity contribution is 5.43. The van der Waals surface area contributed by atoms with Gasteiger partial charge in [-0.15, -0.1) is 5.10 Å². The van der Waals surface area contributed by atoms with E-state index < -0.39 is 0 Å². The third kappa shape index (κ3) is 2.11. The zero-order valence-electron chi connectivity index (χ0n) is 11.5. The lowest BCUT2D eigenvalue weighted by atomic mass is 9.96. The zero-order chi connectivity index (χ0) is 12.5. The maximum Gasteiger partial charge on any atom is 0.151 e. The van der Waals surface area contributed by atoms with Gasteiger partial charge >= 0.3 is 0 Å². The van der Waals surface area contributed by atoms with Crippen LogP contribution in [0, 0.1) is 19.8 Å². The Bertz CT molecular complexity index is 424. The molecule has 18 heavy (non-hydrogen) atoms. The van der Waals surface area contributed by atoms with Crippen molar-refractivity contribution in [3.05, 3.63) is 17.3 Å². The monoisotopic (exact) mass is 245 g/mol. The standard InChI is InChI=1S/C15H23N3/c1-11-10-15(17-16-12(11)2)18-9-5-8-14(18)13-6-3-4-7-13/h10,13-14H,3-9H2,1-2H3. The summed E-state index contributed by atoms with van der Waals surface area (Å²) in [5, 5.41) is 8.71. The van der Waals surface area contributed by atoms with Crippen LogP contribution >= 0.6 is 0 Å². The van der Waals surface area contributed by atoms with E-state index in [1.807, 2.05) is 6.92 Å². The second-order valence-corrected chi connectivity index (χ2v) is 5.92. The van der Waals surface area contributed by atoms with Crippen LogP contribution in [-0.4, -0.2) is 22.8 Å². The number of hydrogen-bond acceptors (Lipinski definition) is 3. The summed E-state index contributed by atoms with van der Waals surface area (Å²) >= 11 is 0. The van der Waals surface area contributed by atoms with Gasteiger partial charge in [-0.3, -0.25) is 0 Å². The van der Waals surface area contributed by atoms with Crippen molar-refractivity contribution >= 4 is 5.82 Å². The number of aromatic nitrogens is 2. The summed E-state index contributed by atoms with van der Waals surface area (Å²) in [6.07, 6.45) is 8.34. The van der Waals surface area contributed by atoms with Gasteiger partial charge in [-0.25, -0.2) is 0 Å². The van der Waals surface area contributed by atoms with Crippen LogP contribution in [0.15, 0.2) is 6.07 Å². The Morgan fingerprint density at radius 2 is 1.83 bits per heavy atom. The third-order valence-corrected chi connectivity index (χ3v) is 4.76. The number of aryl methyl sites for hydroxylation is 2. The van der Waals surface area contributed by atoms with Gasteiger partial charge in [-0.1, -0.05) is 12.8 Å². The van der Waals surface area contributed by atoms with E-state index in [0.29, 0.717) is 0 Å². The van der Waals surface area contributed by atoms with E-state index in [2.05, 4.69) is 28.1 Å². The first-order chi connectivity index (χ1) is 8.75. The maximum absolute atomic E-state index is 4.42. The van der Waals surface area contributed by atoms with Gasteiger partial charge in [-0.05, 0) is 57.1 Å². The van der Waals surface area contributed by atoms with Gasteiger partial charge in [0.05, 0.1) is 5.69 Å². The molecule has 0 radical (unpaired) electrons. The van der Waals surface area contributed by atoms with Crippen LogP contribution in [0.4, 0.5) is 5.82 Å². The lowest BCUT2D eigenvalue weighted by Crippen LogP contribution is -2.35. The zero-order valence-corrected chi connectivity index (χ0v) is 11.5. The Kier molecular flexibility index (Phi) is 3.23. The Morgan fingerprint density at radius 1 is 1.06 bits per heavy atom. The molecule has 3 heteroatoms. The Hall–Kier alpha value is -1.12. The molecule has 1 saturated heterocycles. The SMILES string of the molecule is Cc1cc(N2CCCC2C2CCCC2)nnc1C. The summed E-state index contributed by atoms with van der Waals surface area (Å²) in [7, 11) is 0. The molecule has 3 rings (SSSR count). The molecule has 2 heterocycles. The predicted octanol–water partition coefficient (Wildman–Crippen LogP) is 3.25. The molecule has 1 atom stereocenters. The van der Waals surface area contributed by atoms with Crippen molar-refractivity contribution < 1.29 is 0 Å². The van der Waals surface area contributed by atoms with Gasteiger partial charge in [0, 0.05) is 12.6 Å². The summed E-state index contributed by atoms with van der Waals surface area (Å²) in [6, 6.07) is 2.94. The van der Waals surface area contributed by atoms with E-state index >= 15 is 0 Å². The maximum atomic E-state index is 4.42. The van der Waals surface area contributed by atoms with Gasteiger partial charge in [-0.2, -0.15) is 5.10 Å². The summed E-state index contributed by atoms with van der Waals surface area (Å²) in [6.45, 7) is 5.33. The summed E-state index contributed by atoms with van der Waals surface area (Å²) in [5.41, 5.74) is 2.31. The minimum absolute atomic E-state index is 0.726. The molecule has 3 nitrogen and oxygen atoms in total. The van der Waals surface area contributed by atoms with Crippen molar-refractivity contribution in [2.45, 2.75) is 58.4 Å². The Morgan fingerprint density at radius 3 is 2.56 bits per heavy atom. The Balaban J connectivity index is 1.82. The molecule has 1 aromatic rings. The normalized spacial score (nSPS) is 25.0. The number of nitrogens with zero attached hydrogens (tertiary/aromatic N) is 3. The van der Waals surface area contributed by atoms with Crippen LogP contribution in [0.25, 0.3) is 0 Å². The van der Waals surface area contributed by atoms with Gasteiger partial charge in [0.25, 0.3) is 0 Å².